The van der Waals surface area contributed by atoms with Crippen molar-refractivity contribution in [1.82, 2.24) is 14.9 Å². The van der Waals surface area contributed by atoms with Crippen LogP contribution in [0.4, 0.5) is 0 Å². The third-order valence-corrected chi connectivity index (χ3v) is 4.02. The van der Waals surface area contributed by atoms with E-state index in [4.69, 9.17) is 5.73 Å². The number of carbonyl (C=O) groups excluding carboxylic acids is 1. The van der Waals surface area contributed by atoms with Crippen LogP contribution >= 0.6 is 0 Å². The lowest BCUT2D eigenvalue weighted by Crippen LogP contribution is -2.36. The summed E-state index contributed by atoms with van der Waals surface area (Å²) < 4.78 is 0. The van der Waals surface area contributed by atoms with E-state index < -0.39 is 0 Å². The highest BCUT2D eigenvalue weighted by Crippen LogP contribution is 2.34. The molecular weight excluding hydrogens is 216 g/mol. The molecule has 3 N–H and O–H groups in total. The maximum atomic E-state index is 12.3. The lowest BCUT2D eigenvalue weighted by molar-refractivity contribution is 0.0770. The molecule has 0 bridgehead atoms. The lowest BCUT2D eigenvalue weighted by Gasteiger charge is -2.25. The number of imidazole rings is 1. The molecule has 5 heteroatoms. The Labute approximate surface area is 101 Å². The van der Waals surface area contributed by atoms with Crippen molar-refractivity contribution in [3.8, 4) is 0 Å². The molecule has 0 saturated carbocycles. The Morgan fingerprint density at radius 2 is 2.47 bits per heavy atom. The van der Waals surface area contributed by atoms with Crippen molar-refractivity contribution in [2.45, 2.75) is 20.8 Å². The molecule has 1 amide bonds. The van der Waals surface area contributed by atoms with Crippen molar-refractivity contribution in [1.29, 1.82) is 0 Å². The number of nitrogens with zero attached hydrogens (tertiary/aromatic N) is 2. The first-order valence-corrected chi connectivity index (χ1v) is 5.97. The number of aromatic nitrogens is 2. The summed E-state index contributed by atoms with van der Waals surface area (Å²) in [4.78, 5) is 21.2. The number of hydrogen-bond donors (Lipinski definition) is 2. The average Bonchev–Trinajstić information content (AvgIpc) is 2.84. The van der Waals surface area contributed by atoms with Crippen molar-refractivity contribution < 1.29 is 4.79 Å². The third kappa shape index (κ3) is 1.95. The summed E-state index contributed by atoms with van der Waals surface area (Å²) in [5, 5.41) is 0. The van der Waals surface area contributed by atoms with E-state index in [1.807, 2.05) is 11.8 Å². The number of carbonyl (C=O) groups is 1. The van der Waals surface area contributed by atoms with Crippen molar-refractivity contribution in [2.75, 3.05) is 19.6 Å². The highest BCUT2D eigenvalue weighted by atomic mass is 16.2. The van der Waals surface area contributed by atoms with Gasteiger partial charge in [-0.1, -0.05) is 13.8 Å². The topological polar surface area (TPSA) is 75.0 Å². The smallest absolute Gasteiger partial charge is 0.274 e. The van der Waals surface area contributed by atoms with Crippen LogP contribution in [0.2, 0.25) is 0 Å². The molecule has 2 heterocycles. The molecule has 0 aromatic carbocycles. The summed E-state index contributed by atoms with van der Waals surface area (Å²) in [5.41, 5.74) is 7.19. The maximum absolute atomic E-state index is 12.3. The number of nitrogens with one attached hydrogen (secondary N) is 1. The number of likely N-dealkylation sites (tertiary alicyclic amines) is 1. The number of rotatable bonds is 2. The van der Waals surface area contributed by atoms with E-state index >= 15 is 0 Å². The number of amides is 1. The standard InChI is InChI=1S/C12H20N4O/c1-8-4-16(6-12(8,3)5-13)11(17)10-9(2)14-7-15-10/h7-8H,4-6,13H2,1-3H3,(H,14,15)/t8-,12-/m1/s1. The molecule has 1 aliphatic heterocycles. The van der Waals surface area contributed by atoms with Crippen molar-refractivity contribution in [3.05, 3.63) is 17.7 Å². The van der Waals surface area contributed by atoms with E-state index in [0.29, 0.717) is 18.2 Å². The van der Waals surface area contributed by atoms with Gasteiger partial charge >= 0.3 is 0 Å². The number of nitrogens with two attached hydrogens (primary N) is 1. The van der Waals surface area contributed by atoms with Gasteiger partial charge in [0.25, 0.3) is 5.91 Å². The first-order chi connectivity index (χ1) is 7.98. The molecule has 0 spiro atoms. The first kappa shape index (κ1) is 12.1. The van der Waals surface area contributed by atoms with E-state index in [1.54, 1.807) is 6.33 Å². The summed E-state index contributed by atoms with van der Waals surface area (Å²) in [5.74, 6) is 0.434. The monoisotopic (exact) mass is 236 g/mol. The van der Waals surface area contributed by atoms with Gasteiger partial charge in [0.2, 0.25) is 0 Å². The molecule has 1 fully saturated rings. The van der Waals surface area contributed by atoms with Gasteiger partial charge in [0.15, 0.2) is 0 Å². The zero-order valence-electron chi connectivity index (χ0n) is 10.7. The second kappa shape index (κ2) is 4.14. The molecule has 1 saturated heterocycles. The minimum absolute atomic E-state index is 0.00720. The summed E-state index contributed by atoms with van der Waals surface area (Å²) in [6, 6.07) is 0. The molecule has 0 unspecified atom stereocenters. The van der Waals surface area contributed by atoms with Crippen LogP contribution < -0.4 is 5.73 Å². The highest BCUT2D eigenvalue weighted by Gasteiger charge is 2.41. The van der Waals surface area contributed by atoms with Gasteiger partial charge in [-0.3, -0.25) is 4.79 Å². The molecule has 1 aliphatic rings. The number of hydrogen-bond acceptors (Lipinski definition) is 3. The Balaban J connectivity index is 2.17. The predicted octanol–water partition coefficient (Wildman–Crippen LogP) is 0.775. The number of aryl methyl sites for hydroxylation is 1. The van der Waals surface area contributed by atoms with Crippen LogP contribution in [-0.2, 0) is 0 Å². The Hall–Kier alpha value is -1.36. The molecule has 94 valence electrons. The fourth-order valence-corrected chi connectivity index (χ4v) is 2.35. The Morgan fingerprint density at radius 3 is 2.94 bits per heavy atom. The number of H-pyrrole nitrogens is 1. The SMILES string of the molecule is Cc1[nH]cnc1C(=O)N1C[C@@H](C)[C@](C)(CN)C1. The summed E-state index contributed by atoms with van der Waals surface area (Å²) in [6.45, 7) is 8.24. The Kier molecular flexibility index (Phi) is 2.95. The minimum Gasteiger partial charge on any atom is -0.348 e. The molecule has 17 heavy (non-hydrogen) atoms. The van der Waals surface area contributed by atoms with Crippen molar-refractivity contribution in [3.63, 3.8) is 0 Å². The van der Waals surface area contributed by atoms with E-state index in [2.05, 4.69) is 23.8 Å². The molecular formula is C12H20N4O. The fraction of sp³-hybridized carbons (Fsp3) is 0.667. The lowest BCUT2D eigenvalue weighted by atomic mass is 9.81. The third-order valence-electron chi connectivity index (χ3n) is 4.02. The van der Waals surface area contributed by atoms with Gasteiger partial charge < -0.3 is 15.6 Å². The molecule has 2 rings (SSSR count). The highest BCUT2D eigenvalue weighted by molar-refractivity contribution is 5.93. The maximum Gasteiger partial charge on any atom is 0.274 e. The fourth-order valence-electron chi connectivity index (χ4n) is 2.35. The van der Waals surface area contributed by atoms with Crippen LogP contribution in [0.5, 0.6) is 0 Å². The molecule has 1 aromatic rings. The van der Waals surface area contributed by atoms with Crippen LogP contribution in [-0.4, -0.2) is 40.4 Å². The summed E-state index contributed by atoms with van der Waals surface area (Å²) in [7, 11) is 0. The average molecular weight is 236 g/mol. The normalized spacial score (nSPS) is 28.7. The van der Waals surface area contributed by atoms with Gasteiger partial charge in [0.05, 0.1) is 6.33 Å². The Morgan fingerprint density at radius 1 is 1.76 bits per heavy atom. The zero-order chi connectivity index (χ0) is 12.6. The van der Waals surface area contributed by atoms with Gasteiger partial charge in [-0.15, -0.1) is 0 Å². The van der Waals surface area contributed by atoms with E-state index in [-0.39, 0.29) is 11.3 Å². The zero-order valence-corrected chi connectivity index (χ0v) is 10.7. The second-order valence-electron chi connectivity index (χ2n) is 5.32. The number of aromatic amines is 1. The van der Waals surface area contributed by atoms with Crippen LogP contribution in [0, 0.1) is 18.3 Å². The van der Waals surface area contributed by atoms with E-state index in [9.17, 15) is 4.79 Å². The molecule has 0 aliphatic carbocycles. The van der Waals surface area contributed by atoms with Crippen LogP contribution in [0.25, 0.3) is 0 Å². The van der Waals surface area contributed by atoms with Crippen LogP contribution in [0.3, 0.4) is 0 Å². The molecule has 2 atom stereocenters. The molecule has 5 nitrogen and oxygen atoms in total. The van der Waals surface area contributed by atoms with E-state index in [1.165, 1.54) is 0 Å². The van der Waals surface area contributed by atoms with Gasteiger partial charge in [-0.2, -0.15) is 0 Å². The predicted molar refractivity (Wildman–Crippen MR) is 65.6 cm³/mol. The largest absolute Gasteiger partial charge is 0.348 e. The van der Waals surface area contributed by atoms with Crippen LogP contribution in [0.15, 0.2) is 6.33 Å². The summed E-state index contributed by atoms with van der Waals surface area (Å²) in [6.07, 6.45) is 1.56. The molecule has 0 radical (unpaired) electrons. The second-order valence-corrected chi connectivity index (χ2v) is 5.32. The first-order valence-electron chi connectivity index (χ1n) is 5.97. The van der Waals surface area contributed by atoms with Gasteiger partial charge in [-0.25, -0.2) is 4.98 Å². The summed E-state index contributed by atoms with van der Waals surface area (Å²) >= 11 is 0. The Bertz CT molecular complexity index is 428. The van der Waals surface area contributed by atoms with Crippen molar-refractivity contribution in [2.24, 2.45) is 17.1 Å². The van der Waals surface area contributed by atoms with E-state index in [0.717, 1.165) is 18.8 Å². The van der Waals surface area contributed by atoms with Crippen molar-refractivity contribution >= 4 is 5.91 Å². The van der Waals surface area contributed by atoms with Gasteiger partial charge in [-0.05, 0) is 19.4 Å². The van der Waals surface area contributed by atoms with Gasteiger partial charge in [0, 0.05) is 24.2 Å². The van der Waals surface area contributed by atoms with Gasteiger partial charge in [0.1, 0.15) is 5.69 Å². The van der Waals surface area contributed by atoms with Crippen LogP contribution in [0.1, 0.15) is 30.0 Å². The quantitative estimate of drug-likeness (QED) is 0.796. The molecule has 1 aromatic heterocycles. The minimum atomic E-state index is 0.00720.